The van der Waals surface area contributed by atoms with Crippen molar-refractivity contribution < 1.29 is 29.3 Å². The van der Waals surface area contributed by atoms with Crippen LogP contribution in [0, 0.1) is 0 Å². The second-order valence-electron chi connectivity index (χ2n) is 4.65. The van der Waals surface area contributed by atoms with Crippen LogP contribution in [-0.4, -0.2) is 39.2 Å². The van der Waals surface area contributed by atoms with E-state index in [1.54, 1.807) is 6.08 Å². The molecule has 0 aromatic heterocycles. The van der Waals surface area contributed by atoms with Gasteiger partial charge in [0.15, 0.2) is 0 Å². The average molecular weight is 327 g/mol. The Balaban J connectivity index is 2.60. The summed E-state index contributed by atoms with van der Waals surface area (Å²) in [5.74, 6) is -2.52. The quantitative estimate of drug-likeness (QED) is 0.510. The van der Waals surface area contributed by atoms with E-state index in [4.69, 9.17) is 10.2 Å². The summed E-state index contributed by atoms with van der Waals surface area (Å²) in [5.41, 5.74) is 0.850. The van der Waals surface area contributed by atoms with Gasteiger partial charge in [0.05, 0.1) is 6.16 Å². The van der Waals surface area contributed by atoms with Crippen molar-refractivity contribution in [1.29, 1.82) is 0 Å². The summed E-state index contributed by atoms with van der Waals surface area (Å²) >= 11 is 0. The number of aliphatic carboxylic acids is 2. The van der Waals surface area contributed by atoms with Crippen molar-refractivity contribution in [3.63, 3.8) is 0 Å². The van der Waals surface area contributed by atoms with E-state index in [-0.39, 0.29) is 12.6 Å². The summed E-state index contributed by atoms with van der Waals surface area (Å²) in [7, 11) is -3.91. The number of nitrogens with one attached hydrogen (secondary N) is 1. The van der Waals surface area contributed by atoms with Crippen LogP contribution >= 0.6 is 7.52 Å². The first-order chi connectivity index (χ1) is 10.3. The van der Waals surface area contributed by atoms with Gasteiger partial charge in [-0.3, -0.25) is 14.2 Å². The number of rotatable bonds is 9. The fourth-order valence-electron chi connectivity index (χ4n) is 1.70. The van der Waals surface area contributed by atoms with Gasteiger partial charge in [0.1, 0.15) is 6.04 Å². The zero-order chi connectivity index (χ0) is 16.6. The molecule has 0 aliphatic heterocycles. The standard InChI is InChI=1S/C14H18NO6P/c16-13(17)9-8-12(14(18)19)15-22(20,21)10-4-7-11-5-2-1-3-6-11/h1-7,12H,8-10H2,(H,16,17)(H,18,19)(H2,15,20,21). The molecule has 120 valence electrons. The van der Waals surface area contributed by atoms with Crippen LogP contribution < -0.4 is 5.09 Å². The Morgan fingerprint density at radius 3 is 2.41 bits per heavy atom. The third kappa shape index (κ3) is 7.17. The number of hydrogen-bond donors (Lipinski definition) is 4. The molecule has 0 saturated carbocycles. The molecule has 1 aromatic rings. The van der Waals surface area contributed by atoms with Crippen LogP contribution in [0.15, 0.2) is 36.4 Å². The maximum Gasteiger partial charge on any atom is 0.321 e. The van der Waals surface area contributed by atoms with Gasteiger partial charge in [0.2, 0.25) is 0 Å². The SMILES string of the molecule is O=C(O)CCC(NP(=O)(O)CC=Cc1ccccc1)C(=O)O. The predicted molar refractivity (Wildman–Crippen MR) is 81.6 cm³/mol. The highest BCUT2D eigenvalue weighted by atomic mass is 31.2. The molecule has 0 aliphatic rings. The number of carboxylic acids is 2. The van der Waals surface area contributed by atoms with Crippen LogP contribution in [0.4, 0.5) is 0 Å². The molecule has 0 saturated heterocycles. The number of allylic oxidation sites excluding steroid dienone is 1. The van der Waals surface area contributed by atoms with E-state index in [2.05, 4.69) is 5.09 Å². The Labute approximate surface area is 127 Å². The lowest BCUT2D eigenvalue weighted by Gasteiger charge is -2.17. The molecular formula is C14H18NO6P. The van der Waals surface area contributed by atoms with E-state index in [0.29, 0.717) is 0 Å². The lowest BCUT2D eigenvalue weighted by atomic mass is 10.2. The number of carbonyl (C=O) groups is 2. The van der Waals surface area contributed by atoms with Gasteiger partial charge in [0, 0.05) is 6.42 Å². The van der Waals surface area contributed by atoms with Gasteiger partial charge < -0.3 is 15.1 Å². The Kier molecular flexibility index (Phi) is 6.98. The van der Waals surface area contributed by atoms with Gasteiger partial charge in [-0.25, -0.2) is 5.09 Å². The van der Waals surface area contributed by atoms with Crippen LogP contribution in [-0.2, 0) is 14.2 Å². The zero-order valence-corrected chi connectivity index (χ0v) is 12.6. The third-order valence-electron chi connectivity index (χ3n) is 2.77. The zero-order valence-electron chi connectivity index (χ0n) is 11.8. The molecule has 1 rings (SSSR count). The molecule has 2 unspecified atom stereocenters. The molecule has 0 fully saturated rings. The molecule has 2 atom stereocenters. The van der Waals surface area contributed by atoms with Crippen molar-refractivity contribution in [3.05, 3.63) is 42.0 Å². The van der Waals surface area contributed by atoms with Crippen molar-refractivity contribution in [3.8, 4) is 0 Å². The smallest absolute Gasteiger partial charge is 0.321 e. The summed E-state index contributed by atoms with van der Waals surface area (Å²) in [6.07, 6.45) is 2.21. The first-order valence-electron chi connectivity index (χ1n) is 6.56. The minimum Gasteiger partial charge on any atom is -0.481 e. The molecule has 0 amide bonds. The molecule has 0 aliphatic carbocycles. The highest BCUT2D eigenvalue weighted by molar-refractivity contribution is 7.56. The molecule has 0 heterocycles. The predicted octanol–water partition coefficient (Wildman–Crippen LogP) is 1.79. The van der Waals surface area contributed by atoms with Crippen LogP contribution in [0.25, 0.3) is 6.08 Å². The second kappa shape index (κ2) is 8.48. The van der Waals surface area contributed by atoms with Gasteiger partial charge in [-0.1, -0.05) is 42.5 Å². The van der Waals surface area contributed by atoms with Crippen molar-refractivity contribution in [2.75, 3.05) is 6.16 Å². The molecule has 0 radical (unpaired) electrons. The Bertz CT molecular complexity index is 586. The van der Waals surface area contributed by atoms with Gasteiger partial charge in [-0.2, -0.15) is 0 Å². The van der Waals surface area contributed by atoms with Gasteiger partial charge >= 0.3 is 11.9 Å². The minimum absolute atomic E-state index is 0.251. The summed E-state index contributed by atoms with van der Waals surface area (Å²) in [6.45, 7) is 0. The summed E-state index contributed by atoms with van der Waals surface area (Å²) in [5, 5.41) is 19.6. The molecule has 22 heavy (non-hydrogen) atoms. The van der Waals surface area contributed by atoms with Crippen molar-refractivity contribution in [2.24, 2.45) is 0 Å². The average Bonchev–Trinajstić information content (AvgIpc) is 2.44. The Hall–Kier alpha value is -1.95. The number of benzene rings is 1. The van der Waals surface area contributed by atoms with E-state index in [0.717, 1.165) is 5.56 Å². The molecule has 1 aromatic carbocycles. The van der Waals surface area contributed by atoms with Crippen LogP contribution in [0.5, 0.6) is 0 Å². The van der Waals surface area contributed by atoms with E-state index in [1.165, 1.54) is 6.08 Å². The normalized spacial score (nSPS) is 15.3. The van der Waals surface area contributed by atoms with E-state index < -0.39 is 31.9 Å². The monoisotopic (exact) mass is 327 g/mol. The molecule has 0 bridgehead atoms. The van der Waals surface area contributed by atoms with Crippen molar-refractivity contribution in [2.45, 2.75) is 18.9 Å². The van der Waals surface area contributed by atoms with E-state index >= 15 is 0 Å². The van der Waals surface area contributed by atoms with Gasteiger partial charge in [-0.15, -0.1) is 0 Å². The number of carboxylic acid groups (broad SMARTS) is 2. The summed E-state index contributed by atoms with van der Waals surface area (Å²) in [6, 6.07) is 7.75. The first kappa shape index (κ1) is 18.1. The molecule has 8 heteroatoms. The van der Waals surface area contributed by atoms with E-state index in [1.807, 2.05) is 30.3 Å². The maximum atomic E-state index is 11.9. The van der Waals surface area contributed by atoms with Gasteiger partial charge in [-0.05, 0) is 12.0 Å². The first-order valence-corrected chi connectivity index (χ1v) is 8.40. The lowest BCUT2D eigenvalue weighted by Crippen LogP contribution is -2.35. The summed E-state index contributed by atoms with van der Waals surface area (Å²) < 4.78 is 11.9. The largest absolute Gasteiger partial charge is 0.481 e. The molecular weight excluding hydrogens is 309 g/mol. The minimum atomic E-state index is -3.91. The number of hydrogen-bond acceptors (Lipinski definition) is 3. The van der Waals surface area contributed by atoms with Crippen LogP contribution in [0.3, 0.4) is 0 Å². The third-order valence-corrected chi connectivity index (χ3v) is 4.19. The fraction of sp³-hybridized carbons (Fsp3) is 0.286. The fourth-order valence-corrected chi connectivity index (χ4v) is 2.93. The van der Waals surface area contributed by atoms with Gasteiger partial charge in [0.25, 0.3) is 7.52 Å². The van der Waals surface area contributed by atoms with Crippen LogP contribution in [0.2, 0.25) is 0 Å². The molecule has 7 nitrogen and oxygen atoms in total. The highest BCUT2D eigenvalue weighted by Gasteiger charge is 2.27. The van der Waals surface area contributed by atoms with E-state index in [9.17, 15) is 19.0 Å². The molecule has 4 N–H and O–H groups in total. The molecule has 0 spiro atoms. The second-order valence-corrected chi connectivity index (χ2v) is 6.68. The highest BCUT2D eigenvalue weighted by Crippen LogP contribution is 2.36. The Morgan fingerprint density at radius 1 is 1.23 bits per heavy atom. The summed E-state index contributed by atoms with van der Waals surface area (Å²) in [4.78, 5) is 31.2. The maximum absolute atomic E-state index is 11.9. The van der Waals surface area contributed by atoms with Crippen LogP contribution in [0.1, 0.15) is 18.4 Å². The topological polar surface area (TPSA) is 124 Å². The Morgan fingerprint density at radius 2 is 1.86 bits per heavy atom. The lowest BCUT2D eigenvalue weighted by molar-refractivity contribution is -0.140. The van der Waals surface area contributed by atoms with Crippen molar-refractivity contribution >= 4 is 25.5 Å². The van der Waals surface area contributed by atoms with Crippen molar-refractivity contribution in [1.82, 2.24) is 5.09 Å².